The van der Waals surface area contributed by atoms with Crippen LogP contribution in [0.25, 0.3) is 0 Å². The largest absolute Gasteiger partial charge is 0.456 e. The van der Waals surface area contributed by atoms with Crippen molar-refractivity contribution in [2.45, 2.75) is 4.90 Å². The van der Waals surface area contributed by atoms with Gasteiger partial charge in [0.25, 0.3) is 0 Å². The maximum Gasteiger partial charge on any atom is 0.146 e. The molecular formula is C13H11ClOS. The molecular weight excluding hydrogens is 240 g/mol. The summed E-state index contributed by atoms with van der Waals surface area (Å²) in [6, 6.07) is 15.4. The molecule has 0 aliphatic rings. The Kier molecular flexibility index (Phi) is 3.75. The second kappa shape index (κ2) is 5.28. The first-order valence-corrected chi connectivity index (χ1v) is 6.46. The van der Waals surface area contributed by atoms with Crippen LogP contribution >= 0.6 is 23.4 Å². The van der Waals surface area contributed by atoms with E-state index in [1.807, 2.05) is 54.8 Å². The van der Waals surface area contributed by atoms with Crippen molar-refractivity contribution in [3.05, 3.63) is 53.6 Å². The molecule has 0 spiro atoms. The third-order valence-corrected chi connectivity index (χ3v) is 3.13. The first-order valence-electron chi connectivity index (χ1n) is 4.86. The fourth-order valence-corrected chi connectivity index (χ4v) is 2.03. The molecule has 0 unspecified atom stereocenters. The van der Waals surface area contributed by atoms with Crippen molar-refractivity contribution in [3.8, 4) is 11.5 Å². The monoisotopic (exact) mass is 250 g/mol. The minimum Gasteiger partial charge on any atom is -0.456 e. The van der Waals surface area contributed by atoms with Gasteiger partial charge in [0.2, 0.25) is 0 Å². The number of ether oxygens (including phenoxy) is 1. The van der Waals surface area contributed by atoms with Crippen LogP contribution in [0.4, 0.5) is 0 Å². The molecule has 16 heavy (non-hydrogen) atoms. The highest BCUT2D eigenvalue weighted by Gasteiger charge is 2.03. The van der Waals surface area contributed by atoms with Gasteiger partial charge in [0, 0.05) is 4.90 Å². The standard InChI is InChI=1S/C13H11ClOS/c1-16-11-7-8-13(12(14)9-11)15-10-5-3-2-4-6-10/h2-9H,1H3. The highest BCUT2D eigenvalue weighted by Crippen LogP contribution is 2.32. The van der Waals surface area contributed by atoms with Crippen molar-refractivity contribution >= 4 is 23.4 Å². The normalized spacial score (nSPS) is 10.1. The molecule has 0 saturated heterocycles. The second-order valence-electron chi connectivity index (χ2n) is 3.21. The van der Waals surface area contributed by atoms with Gasteiger partial charge in [-0.3, -0.25) is 0 Å². The Labute approximate surface area is 104 Å². The lowest BCUT2D eigenvalue weighted by Crippen LogP contribution is -1.84. The molecule has 0 N–H and O–H groups in total. The molecule has 1 nitrogen and oxygen atoms in total. The van der Waals surface area contributed by atoms with Crippen LogP contribution in [0.5, 0.6) is 11.5 Å². The van der Waals surface area contributed by atoms with E-state index in [1.165, 1.54) is 0 Å². The molecule has 0 radical (unpaired) electrons. The Morgan fingerprint density at radius 3 is 2.44 bits per heavy atom. The topological polar surface area (TPSA) is 9.23 Å². The van der Waals surface area contributed by atoms with Crippen LogP contribution < -0.4 is 4.74 Å². The zero-order chi connectivity index (χ0) is 11.4. The summed E-state index contributed by atoms with van der Waals surface area (Å²) in [5.74, 6) is 1.48. The fraction of sp³-hybridized carbons (Fsp3) is 0.0769. The summed E-state index contributed by atoms with van der Waals surface area (Å²) in [6.45, 7) is 0. The van der Waals surface area contributed by atoms with Gasteiger partial charge in [-0.1, -0.05) is 29.8 Å². The number of hydrogen-bond acceptors (Lipinski definition) is 2. The molecule has 2 aromatic carbocycles. The Balaban J connectivity index is 2.22. The van der Waals surface area contributed by atoms with Crippen molar-refractivity contribution in [2.24, 2.45) is 0 Å². The van der Waals surface area contributed by atoms with Gasteiger partial charge in [-0.25, -0.2) is 0 Å². The van der Waals surface area contributed by atoms with E-state index in [-0.39, 0.29) is 0 Å². The number of hydrogen-bond donors (Lipinski definition) is 0. The molecule has 0 amide bonds. The number of benzene rings is 2. The Bertz CT molecular complexity index is 471. The Morgan fingerprint density at radius 2 is 1.81 bits per heavy atom. The van der Waals surface area contributed by atoms with Gasteiger partial charge in [0.1, 0.15) is 11.5 Å². The quantitative estimate of drug-likeness (QED) is 0.720. The van der Waals surface area contributed by atoms with Crippen LogP contribution in [-0.2, 0) is 0 Å². The summed E-state index contributed by atoms with van der Waals surface area (Å²) in [4.78, 5) is 1.13. The van der Waals surface area contributed by atoms with E-state index in [0.29, 0.717) is 10.8 Å². The van der Waals surface area contributed by atoms with Crippen LogP contribution in [0.3, 0.4) is 0 Å². The van der Waals surface area contributed by atoms with E-state index in [9.17, 15) is 0 Å². The summed E-state index contributed by atoms with van der Waals surface area (Å²) in [6.07, 6.45) is 2.02. The van der Waals surface area contributed by atoms with Crippen LogP contribution in [0.15, 0.2) is 53.4 Å². The summed E-state index contributed by atoms with van der Waals surface area (Å²) >= 11 is 7.78. The molecule has 0 atom stereocenters. The number of rotatable bonds is 3. The summed E-state index contributed by atoms with van der Waals surface area (Å²) in [7, 11) is 0. The lowest BCUT2D eigenvalue weighted by atomic mass is 10.3. The highest BCUT2D eigenvalue weighted by atomic mass is 35.5. The van der Waals surface area contributed by atoms with E-state index in [0.717, 1.165) is 10.6 Å². The van der Waals surface area contributed by atoms with Gasteiger partial charge in [0.15, 0.2) is 0 Å². The zero-order valence-corrected chi connectivity index (χ0v) is 10.4. The van der Waals surface area contributed by atoms with Gasteiger partial charge in [-0.05, 0) is 36.6 Å². The number of para-hydroxylation sites is 1. The minimum atomic E-state index is 0.635. The minimum absolute atomic E-state index is 0.635. The van der Waals surface area contributed by atoms with Crippen molar-refractivity contribution in [2.75, 3.05) is 6.26 Å². The molecule has 0 aromatic heterocycles. The van der Waals surface area contributed by atoms with Crippen molar-refractivity contribution in [1.82, 2.24) is 0 Å². The highest BCUT2D eigenvalue weighted by molar-refractivity contribution is 7.98. The third-order valence-electron chi connectivity index (χ3n) is 2.11. The van der Waals surface area contributed by atoms with Gasteiger partial charge in [-0.2, -0.15) is 0 Å². The van der Waals surface area contributed by atoms with Gasteiger partial charge < -0.3 is 4.74 Å². The predicted molar refractivity (Wildman–Crippen MR) is 69.7 cm³/mol. The number of halogens is 1. The van der Waals surface area contributed by atoms with E-state index in [1.54, 1.807) is 11.8 Å². The first kappa shape index (κ1) is 11.4. The van der Waals surface area contributed by atoms with E-state index < -0.39 is 0 Å². The van der Waals surface area contributed by atoms with Gasteiger partial charge in [0.05, 0.1) is 5.02 Å². The lowest BCUT2D eigenvalue weighted by molar-refractivity contribution is 0.482. The summed E-state index contributed by atoms with van der Waals surface area (Å²) in [5.41, 5.74) is 0. The molecule has 82 valence electrons. The van der Waals surface area contributed by atoms with Gasteiger partial charge >= 0.3 is 0 Å². The maximum atomic E-state index is 6.12. The molecule has 2 aromatic rings. The van der Waals surface area contributed by atoms with E-state index >= 15 is 0 Å². The Hall–Kier alpha value is -1.12. The molecule has 0 aliphatic heterocycles. The van der Waals surface area contributed by atoms with E-state index in [2.05, 4.69) is 0 Å². The summed E-state index contributed by atoms with van der Waals surface area (Å²) in [5, 5.41) is 0.635. The van der Waals surface area contributed by atoms with Crippen molar-refractivity contribution in [3.63, 3.8) is 0 Å². The van der Waals surface area contributed by atoms with Crippen LogP contribution in [0, 0.1) is 0 Å². The van der Waals surface area contributed by atoms with Crippen LogP contribution in [-0.4, -0.2) is 6.26 Å². The summed E-state index contributed by atoms with van der Waals surface area (Å²) < 4.78 is 5.67. The smallest absolute Gasteiger partial charge is 0.146 e. The maximum absolute atomic E-state index is 6.12. The third kappa shape index (κ3) is 2.71. The zero-order valence-electron chi connectivity index (χ0n) is 8.81. The molecule has 0 fully saturated rings. The molecule has 0 bridgehead atoms. The van der Waals surface area contributed by atoms with E-state index in [4.69, 9.17) is 16.3 Å². The molecule has 0 aliphatic carbocycles. The van der Waals surface area contributed by atoms with Crippen molar-refractivity contribution in [1.29, 1.82) is 0 Å². The first-order chi connectivity index (χ1) is 7.79. The number of thioether (sulfide) groups is 1. The van der Waals surface area contributed by atoms with Crippen LogP contribution in [0.1, 0.15) is 0 Å². The Morgan fingerprint density at radius 1 is 1.06 bits per heavy atom. The average molecular weight is 251 g/mol. The second-order valence-corrected chi connectivity index (χ2v) is 4.50. The molecule has 0 heterocycles. The molecule has 3 heteroatoms. The molecule has 2 rings (SSSR count). The van der Waals surface area contributed by atoms with Crippen LogP contribution in [0.2, 0.25) is 5.02 Å². The fourth-order valence-electron chi connectivity index (χ4n) is 1.31. The van der Waals surface area contributed by atoms with Crippen molar-refractivity contribution < 1.29 is 4.74 Å². The predicted octanol–water partition coefficient (Wildman–Crippen LogP) is 4.85. The average Bonchev–Trinajstić information content (AvgIpc) is 2.33. The SMILES string of the molecule is CSc1ccc(Oc2ccccc2)c(Cl)c1. The lowest BCUT2D eigenvalue weighted by Gasteiger charge is -2.08. The van der Waals surface area contributed by atoms with Gasteiger partial charge in [-0.15, -0.1) is 11.8 Å². The molecule has 0 saturated carbocycles.